The molecule has 0 aliphatic rings. The zero-order valence-corrected chi connectivity index (χ0v) is 22.0. The summed E-state index contributed by atoms with van der Waals surface area (Å²) in [5.41, 5.74) is 5.57. The van der Waals surface area contributed by atoms with Gasteiger partial charge in [0.05, 0.1) is 24.8 Å². The first kappa shape index (κ1) is 30.2. The van der Waals surface area contributed by atoms with Gasteiger partial charge >= 0.3 is 6.09 Å². The van der Waals surface area contributed by atoms with Gasteiger partial charge in [0.15, 0.2) is 0 Å². The Bertz CT molecular complexity index is 844. The first-order chi connectivity index (χ1) is 16.5. The number of ether oxygens (including phenoxy) is 2. The van der Waals surface area contributed by atoms with Crippen molar-refractivity contribution >= 4 is 40.6 Å². The van der Waals surface area contributed by atoms with Crippen molar-refractivity contribution in [1.29, 1.82) is 0 Å². The average Bonchev–Trinajstić information content (AvgIpc) is 2.78. The molecule has 0 saturated heterocycles. The maximum atomic E-state index is 12.3. The quantitative estimate of drug-likeness (QED) is 0.248. The van der Waals surface area contributed by atoms with E-state index in [0.717, 1.165) is 36.6 Å². The van der Waals surface area contributed by atoms with Crippen LogP contribution in [0.4, 0.5) is 15.3 Å². The second kappa shape index (κ2) is 16.0. The van der Waals surface area contributed by atoms with Gasteiger partial charge in [-0.25, -0.2) is 4.79 Å². The zero-order valence-electron chi connectivity index (χ0n) is 21.2. The van der Waals surface area contributed by atoms with Gasteiger partial charge < -0.3 is 20.1 Å². The summed E-state index contributed by atoms with van der Waals surface area (Å²) in [5, 5.41) is 4.81. The molecule has 1 rings (SSSR count). The van der Waals surface area contributed by atoms with Crippen LogP contribution in [0.3, 0.4) is 0 Å². The van der Waals surface area contributed by atoms with E-state index in [1.54, 1.807) is 26.8 Å². The van der Waals surface area contributed by atoms with Gasteiger partial charge in [-0.1, -0.05) is 50.2 Å². The molecule has 0 radical (unpaired) electrons. The third-order valence-corrected chi connectivity index (χ3v) is 5.20. The van der Waals surface area contributed by atoms with Crippen LogP contribution in [0.15, 0.2) is 24.3 Å². The third kappa shape index (κ3) is 14.3. The van der Waals surface area contributed by atoms with Crippen LogP contribution >= 0.6 is 11.8 Å². The number of hydrogen-bond donors (Lipinski definition) is 4. The van der Waals surface area contributed by atoms with E-state index in [-0.39, 0.29) is 24.7 Å². The minimum absolute atomic E-state index is 0.117. The molecule has 11 heteroatoms. The first-order valence-corrected chi connectivity index (χ1v) is 12.7. The van der Waals surface area contributed by atoms with Gasteiger partial charge in [-0.05, 0) is 45.2 Å². The fraction of sp³-hybridized carbons (Fsp3) is 0.583. The summed E-state index contributed by atoms with van der Waals surface area (Å²) in [4.78, 5) is 48.6. The topological polar surface area (TPSA) is 135 Å². The average molecular weight is 511 g/mol. The number of alkyl carbamates (subject to hydrolysis) is 1. The number of rotatable bonds is 12. The number of unbranched alkanes of at least 4 members (excludes halogenated alkanes) is 1. The normalized spacial score (nSPS) is 11.8. The smallest absolute Gasteiger partial charge is 0.407 e. The highest BCUT2D eigenvalue weighted by molar-refractivity contribution is 8.14. The second-order valence-electron chi connectivity index (χ2n) is 8.78. The van der Waals surface area contributed by atoms with E-state index < -0.39 is 28.9 Å². The van der Waals surface area contributed by atoms with Crippen LogP contribution in [-0.4, -0.2) is 53.8 Å². The molecule has 0 aliphatic heterocycles. The minimum atomic E-state index is -0.684. The molecule has 4 amide bonds. The monoisotopic (exact) mass is 510 g/mol. The van der Waals surface area contributed by atoms with Crippen molar-refractivity contribution < 1.29 is 28.7 Å². The number of thioether (sulfide) groups is 1. The first-order valence-electron chi connectivity index (χ1n) is 11.7. The predicted octanol–water partition coefficient (Wildman–Crippen LogP) is 3.76. The van der Waals surface area contributed by atoms with Crippen LogP contribution in [0.1, 0.15) is 59.4 Å². The number of anilines is 1. The van der Waals surface area contributed by atoms with E-state index >= 15 is 0 Å². The van der Waals surface area contributed by atoms with Crippen molar-refractivity contribution in [3.05, 3.63) is 29.8 Å². The molecule has 0 heterocycles. The molecule has 0 spiro atoms. The van der Waals surface area contributed by atoms with E-state index in [2.05, 4.69) is 21.5 Å². The number of hydrazine groups is 1. The number of para-hydroxylation sites is 1. The van der Waals surface area contributed by atoms with Crippen molar-refractivity contribution in [2.45, 2.75) is 71.9 Å². The van der Waals surface area contributed by atoms with Crippen LogP contribution in [0, 0.1) is 0 Å². The SMILES string of the molecule is CCCCOC[C@@H](CC(=O)NNC(=O)SCC(=O)Nc1ccccc1CC)NC(=O)OC(C)(C)C. The molecule has 0 bridgehead atoms. The maximum Gasteiger partial charge on any atom is 0.407 e. The number of amides is 4. The Balaban J connectivity index is 2.46. The van der Waals surface area contributed by atoms with E-state index in [9.17, 15) is 19.2 Å². The van der Waals surface area contributed by atoms with Crippen molar-refractivity contribution in [3.63, 3.8) is 0 Å². The molecular formula is C24H38N4O6S. The fourth-order valence-corrected chi connectivity index (χ4v) is 3.25. The summed E-state index contributed by atoms with van der Waals surface area (Å²) >= 11 is 0.723. The Hall–Kier alpha value is -2.79. The number of carbonyl (C=O) groups excluding carboxylic acids is 4. The van der Waals surface area contributed by atoms with E-state index in [0.29, 0.717) is 12.3 Å². The van der Waals surface area contributed by atoms with Gasteiger partial charge in [-0.15, -0.1) is 0 Å². The molecule has 35 heavy (non-hydrogen) atoms. The standard InChI is InChI=1S/C24H38N4O6S/c1-6-8-13-33-15-18(25-22(31)34-24(3,4)5)14-20(29)27-28-23(32)35-16-21(30)26-19-12-10-9-11-17(19)7-2/h9-12,18H,6-8,13-16H2,1-5H3,(H,25,31)(H,26,30)(H,27,29)(H,28,32)/t18-/m1/s1. The highest BCUT2D eigenvalue weighted by Gasteiger charge is 2.22. The zero-order chi connectivity index (χ0) is 26.3. The molecule has 0 fully saturated rings. The Morgan fingerprint density at radius 1 is 1.03 bits per heavy atom. The van der Waals surface area contributed by atoms with Gasteiger partial charge in [0.2, 0.25) is 11.8 Å². The second-order valence-corrected chi connectivity index (χ2v) is 9.73. The maximum absolute atomic E-state index is 12.3. The highest BCUT2D eigenvalue weighted by Crippen LogP contribution is 2.16. The summed E-state index contributed by atoms with van der Waals surface area (Å²) in [5.74, 6) is -0.975. The van der Waals surface area contributed by atoms with Gasteiger partial charge in [0.1, 0.15) is 5.60 Å². The van der Waals surface area contributed by atoms with Gasteiger partial charge in [0.25, 0.3) is 5.24 Å². The fourth-order valence-electron chi connectivity index (χ4n) is 2.80. The predicted molar refractivity (Wildman–Crippen MR) is 137 cm³/mol. The summed E-state index contributed by atoms with van der Waals surface area (Å²) in [6.45, 7) is 9.85. The van der Waals surface area contributed by atoms with Crippen molar-refractivity contribution in [3.8, 4) is 0 Å². The van der Waals surface area contributed by atoms with Crippen LogP contribution < -0.4 is 21.5 Å². The summed E-state index contributed by atoms with van der Waals surface area (Å²) in [6, 6.07) is 6.80. The van der Waals surface area contributed by atoms with Crippen LogP contribution in [0.5, 0.6) is 0 Å². The van der Waals surface area contributed by atoms with E-state index in [4.69, 9.17) is 9.47 Å². The molecule has 10 nitrogen and oxygen atoms in total. The highest BCUT2D eigenvalue weighted by atomic mass is 32.2. The Labute approximate surface area is 211 Å². The number of aryl methyl sites for hydroxylation is 1. The number of nitrogens with one attached hydrogen (secondary N) is 4. The molecular weight excluding hydrogens is 472 g/mol. The van der Waals surface area contributed by atoms with Crippen molar-refractivity contribution in [2.75, 3.05) is 24.3 Å². The largest absolute Gasteiger partial charge is 0.444 e. The number of benzene rings is 1. The van der Waals surface area contributed by atoms with Crippen LogP contribution in [-0.2, 0) is 25.5 Å². The number of hydrogen-bond acceptors (Lipinski definition) is 7. The summed E-state index contributed by atoms with van der Waals surface area (Å²) in [7, 11) is 0. The van der Waals surface area contributed by atoms with Crippen molar-refractivity contribution in [2.24, 2.45) is 0 Å². The van der Waals surface area contributed by atoms with E-state index in [1.165, 1.54) is 0 Å². The van der Waals surface area contributed by atoms with Crippen LogP contribution in [0.25, 0.3) is 0 Å². The lowest BCUT2D eigenvalue weighted by molar-refractivity contribution is -0.122. The molecule has 196 valence electrons. The molecule has 1 aromatic rings. The molecule has 0 aromatic heterocycles. The Morgan fingerprint density at radius 3 is 2.40 bits per heavy atom. The molecule has 0 unspecified atom stereocenters. The Morgan fingerprint density at radius 2 is 1.74 bits per heavy atom. The third-order valence-electron chi connectivity index (χ3n) is 4.42. The summed E-state index contributed by atoms with van der Waals surface area (Å²) in [6.07, 6.45) is 1.78. The van der Waals surface area contributed by atoms with Crippen molar-refractivity contribution in [1.82, 2.24) is 16.2 Å². The molecule has 4 N–H and O–H groups in total. The van der Waals surface area contributed by atoms with Gasteiger partial charge in [-0.3, -0.25) is 25.2 Å². The minimum Gasteiger partial charge on any atom is -0.444 e. The molecule has 0 saturated carbocycles. The van der Waals surface area contributed by atoms with E-state index in [1.807, 2.05) is 32.0 Å². The lowest BCUT2D eigenvalue weighted by Crippen LogP contribution is -2.47. The van der Waals surface area contributed by atoms with Gasteiger partial charge in [-0.2, -0.15) is 0 Å². The lowest BCUT2D eigenvalue weighted by Gasteiger charge is -2.23. The van der Waals surface area contributed by atoms with Crippen LogP contribution in [0.2, 0.25) is 0 Å². The molecule has 0 aliphatic carbocycles. The number of carbonyl (C=O) groups is 4. The Kier molecular flexibility index (Phi) is 13.8. The molecule has 1 aromatic carbocycles. The summed E-state index contributed by atoms with van der Waals surface area (Å²) < 4.78 is 10.8. The van der Waals surface area contributed by atoms with Gasteiger partial charge in [0, 0.05) is 12.3 Å². The lowest BCUT2D eigenvalue weighted by atomic mass is 10.1. The molecule has 1 atom stereocenters.